The molecule has 2 nitrogen and oxygen atoms in total. The number of halogens is 2. The molecule has 0 amide bonds. The molecule has 2 aromatic rings. The highest BCUT2D eigenvalue weighted by Crippen LogP contribution is 2.23. The van der Waals surface area contributed by atoms with Crippen molar-refractivity contribution >= 4 is 0 Å². The lowest BCUT2D eigenvalue weighted by molar-refractivity contribution is 0.219. The number of benzene rings is 2. The van der Waals surface area contributed by atoms with Gasteiger partial charge in [-0.25, -0.2) is 8.78 Å². The zero-order valence-corrected chi connectivity index (χ0v) is 10.5. The van der Waals surface area contributed by atoms with Crippen molar-refractivity contribution in [2.75, 3.05) is 7.05 Å². The normalized spacial score (nSPS) is 12.4. The van der Waals surface area contributed by atoms with Crippen LogP contribution < -0.4 is 5.32 Å². The van der Waals surface area contributed by atoms with Crippen molar-refractivity contribution in [3.05, 3.63) is 70.8 Å². The van der Waals surface area contributed by atoms with Crippen molar-refractivity contribution in [2.24, 2.45) is 0 Å². The SMILES string of the molecule is CNCc1ccc(C(O)c2ccc(F)c(F)c2)cc1. The highest BCUT2D eigenvalue weighted by molar-refractivity contribution is 5.32. The topological polar surface area (TPSA) is 32.3 Å². The van der Waals surface area contributed by atoms with Gasteiger partial charge in [-0.2, -0.15) is 0 Å². The Labute approximate surface area is 110 Å². The molecule has 0 fully saturated rings. The monoisotopic (exact) mass is 263 g/mol. The highest BCUT2D eigenvalue weighted by Gasteiger charge is 2.12. The molecule has 1 atom stereocenters. The zero-order valence-electron chi connectivity index (χ0n) is 10.5. The van der Waals surface area contributed by atoms with Crippen molar-refractivity contribution in [3.63, 3.8) is 0 Å². The van der Waals surface area contributed by atoms with Gasteiger partial charge in [0.05, 0.1) is 0 Å². The molecule has 2 rings (SSSR count). The summed E-state index contributed by atoms with van der Waals surface area (Å²) in [5, 5.41) is 13.1. The molecule has 2 aromatic carbocycles. The van der Waals surface area contributed by atoms with E-state index in [9.17, 15) is 13.9 Å². The number of nitrogens with one attached hydrogen (secondary N) is 1. The maximum absolute atomic E-state index is 13.1. The van der Waals surface area contributed by atoms with Crippen LogP contribution in [0.5, 0.6) is 0 Å². The van der Waals surface area contributed by atoms with E-state index in [1.54, 1.807) is 12.1 Å². The Morgan fingerprint density at radius 2 is 1.63 bits per heavy atom. The average Bonchev–Trinajstić information content (AvgIpc) is 2.42. The van der Waals surface area contributed by atoms with Gasteiger partial charge in [0.25, 0.3) is 0 Å². The van der Waals surface area contributed by atoms with Crippen molar-refractivity contribution < 1.29 is 13.9 Å². The predicted molar refractivity (Wildman–Crippen MR) is 69.6 cm³/mol. The summed E-state index contributed by atoms with van der Waals surface area (Å²) >= 11 is 0. The molecule has 19 heavy (non-hydrogen) atoms. The maximum atomic E-state index is 13.1. The predicted octanol–water partition coefficient (Wildman–Crippen LogP) is 2.77. The van der Waals surface area contributed by atoms with Crippen LogP contribution in [0.2, 0.25) is 0 Å². The molecule has 1 unspecified atom stereocenters. The summed E-state index contributed by atoms with van der Waals surface area (Å²) in [6.07, 6.45) is -0.960. The molecule has 0 bridgehead atoms. The number of hydrogen-bond acceptors (Lipinski definition) is 2. The Balaban J connectivity index is 2.22. The lowest BCUT2D eigenvalue weighted by atomic mass is 10.0. The molecule has 4 heteroatoms. The molecule has 0 aromatic heterocycles. The van der Waals surface area contributed by atoms with Gasteiger partial charge in [-0.05, 0) is 35.9 Å². The highest BCUT2D eigenvalue weighted by atomic mass is 19.2. The van der Waals surface area contributed by atoms with E-state index >= 15 is 0 Å². The minimum Gasteiger partial charge on any atom is -0.384 e. The molecule has 0 aliphatic heterocycles. The first kappa shape index (κ1) is 13.6. The van der Waals surface area contributed by atoms with Crippen LogP contribution in [0.15, 0.2) is 42.5 Å². The molecule has 100 valence electrons. The standard InChI is InChI=1S/C15H15F2NO/c1-18-9-10-2-4-11(5-3-10)15(19)12-6-7-13(16)14(17)8-12/h2-8,15,18-19H,9H2,1H3. The Morgan fingerprint density at radius 1 is 1.00 bits per heavy atom. The summed E-state index contributed by atoms with van der Waals surface area (Å²) in [7, 11) is 1.85. The first-order chi connectivity index (χ1) is 9.11. The van der Waals surface area contributed by atoms with Crippen molar-refractivity contribution in [2.45, 2.75) is 12.6 Å². The van der Waals surface area contributed by atoms with E-state index in [4.69, 9.17) is 0 Å². The Hall–Kier alpha value is -1.78. The smallest absolute Gasteiger partial charge is 0.159 e. The van der Waals surface area contributed by atoms with E-state index in [-0.39, 0.29) is 0 Å². The van der Waals surface area contributed by atoms with Crippen LogP contribution in [-0.4, -0.2) is 12.2 Å². The Kier molecular flexibility index (Phi) is 4.24. The Bertz CT molecular complexity index is 555. The van der Waals surface area contributed by atoms with Crippen molar-refractivity contribution in [1.29, 1.82) is 0 Å². The molecular weight excluding hydrogens is 248 g/mol. The minimum atomic E-state index is -0.960. The van der Waals surface area contributed by atoms with Gasteiger partial charge < -0.3 is 10.4 Å². The molecule has 0 saturated heterocycles. The van der Waals surface area contributed by atoms with Crippen molar-refractivity contribution in [1.82, 2.24) is 5.32 Å². The zero-order chi connectivity index (χ0) is 13.8. The number of rotatable bonds is 4. The van der Waals surface area contributed by atoms with Gasteiger partial charge in [0, 0.05) is 6.54 Å². The van der Waals surface area contributed by atoms with Gasteiger partial charge in [-0.1, -0.05) is 30.3 Å². The van der Waals surface area contributed by atoms with E-state index in [2.05, 4.69) is 5.32 Å². The van der Waals surface area contributed by atoms with E-state index in [1.807, 2.05) is 19.2 Å². The molecule has 0 spiro atoms. The number of aliphatic hydroxyl groups excluding tert-OH is 1. The summed E-state index contributed by atoms with van der Waals surface area (Å²) in [6.45, 7) is 0.738. The number of aliphatic hydroxyl groups is 1. The summed E-state index contributed by atoms with van der Waals surface area (Å²) in [5.41, 5.74) is 2.06. The molecular formula is C15H15F2NO. The second-order valence-corrected chi connectivity index (χ2v) is 4.35. The van der Waals surface area contributed by atoms with Crippen LogP contribution in [0.25, 0.3) is 0 Å². The summed E-state index contributed by atoms with van der Waals surface area (Å²) in [5.74, 6) is -1.87. The molecule has 0 aliphatic carbocycles. The van der Waals surface area contributed by atoms with Crippen molar-refractivity contribution in [3.8, 4) is 0 Å². The molecule has 0 saturated carbocycles. The quantitative estimate of drug-likeness (QED) is 0.889. The number of hydrogen-bond donors (Lipinski definition) is 2. The third-order valence-corrected chi connectivity index (χ3v) is 2.94. The van der Waals surface area contributed by atoms with Crippen LogP contribution in [0.1, 0.15) is 22.8 Å². The summed E-state index contributed by atoms with van der Waals surface area (Å²) in [6, 6.07) is 10.7. The van der Waals surface area contributed by atoms with E-state index < -0.39 is 17.7 Å². The lowest BCUT2D eigenvalue weighted by Gasteiger charge is -2.12. The van der Waals surface area contributed by atoms with Gasteiger partial charge in [0.2, 0.25) is 0 Å². The largest absolute Gasteiger partial charge is 0.384 e. The molecule has 0 heterocycles. The van der Waals surface area contributed by atoms with Gasteiger partial charge in [-0.3, -0.25) is 0 Å². The average molecular weight is 263 g/mol. The van der Waals surface area contributed by atoms with Crippen LogP contribution in [0, 0.1) is 11.6 Å². The molecule has 0 aliphatic rings. The second kappa shape index (κ2) is 5.91. The first-order valence-electron chi connectivity index (χ1n) is 5.98. The lowest BCUT2D eigenvalue weighted by Crippen LogP contribution is -2.06. The van der Waals surface area contributed by atoms with Crippen LogP contribution >= 0.6 is 0 Å². The third-order valence-electron chi connectivity index (χ3n) is 2.94. The minimum absolute atomic E-state index is 0.334. The van der Waals surface area contributed by atoms with Gasteiger partial charge in [0.1, 0.15) is 6.10 Å². The van der Waals surface area contributed by atoms with Crippen LogP contribution in [0.3, 0.4) is 0 Å². The van der Waals surface area contributed by atoms with Gasteiger partial charge in [0.15, 0.2) is 11.6 Å². The van der Waals surface area contributed by atoms with Gasteiger partial charge in [-0.15, -0.1) is 0 Å². The second-order valence-electron chi connectivity index (χ2n) is 4.35. The van der Waals surface area contributed by atoms with Crippen LogP contribution in [-0.2, 0) is 6.54 Å². The Morgan fingerprint density at radius 3 is 2.21 bits per heavy atom. The maximum Gasteiger partial charge on any atom is 0.159 e. The van der Waals surface area contributed by atoms with Gasteiger partial charge >= 0.3 is 0 Å². The van der Waals surface area contributed by atoms with E-state index in [0.717, 1.165) is 24.2 Å². The van der Waals surface area contributed by atoms with E-state index in [0.29, 0.717) is 11.1 Å². The molecule has 2 N–H and O–H groups in total. The summed E-state index contributed by atoms with van der Waals surface area (Å²) in [4.78, 5) is 0. The fourth-order valence-corrected chi connectivity index (χ4v) is 1.90. The van der Waals surface area contributed by atoms with E-state index in [1.165, 1.54) is 6.07 Å². The van der Waals surface area contributed by atoms with Crippen LogP contribution in [0.4, 0.5) is 8.78 Å². The molecule has 0 radical (unpaired) electrons. The fraction of sp³-hybridized carbons (Fsp3) is 0.200. The summed E-state index contributed by atoms with van der Waals surface area (Å²) < 4.78 is 26.0. The third kappa shape index (κ3) is 3.16. The fourth-order valence-electron chi connectivity index (χ4n) is 1.90. The first-order valence-corrected chi connectivity index (χ1v) is 5.98.